The van der Waals surface area contributed by atoms with Crippen molar-refractivity contribution in [2.45, 2.75) is 31.8 Å². The molecule has 1 saturated heterocycles. The first-order chi connectivity index (χ1) is 8.68. The molecule has 1 fully saturated rings. The van der Waals surface area contributed by atoms with Crippen LogP contribution in [0.2, 0.25) is 0 Å². The van der Waals surface area contributed by atoms with Gasteiger partial charge in [0.2, 0.25) is 0 Å². The lowest BCUT2D eigenvalue weighted by Crippen LogP contribution is -2.45. The maximum absolute atomic E-state index is 11.0. The van der Waals surface area contributed by atoms with Gasteiger partial charge in [0.1, 0.15) is 0 Å². The van der Waals surface area contributed by atoms with Gasteiger partial charge in [0.25, 0.3) is 0 Å². The minimum Gasteiger partial charge on any atom is -0.481 e. The van der Waals surface area contributed by atoms with Crippen LogP contribution in [0.4, 0.5) is 5.69 Å². The fraction of sp³-hybridized carbons (Fsp3) is 0.500. The maximum Gasteiger partial charge on any atom is 0.305 e. The van der Waals surface area contributed by atoms with Crippen molar-refractivity contribution in [2.24, 2.45) is 0 Å². The highest BCUT2D eigenvalue weighted by atomic mass is 16.4. The molecule has 0 spiro atoms. The van der Waals surface area contributed by atoms with Crippen molar-refractivity contribution in [1.29, 1.82) is 0 Å². The number of carboxylic acids is 1. The molecular formula is C14H20N2O2. The van der Waals surface area contributed by atoms with Gasteiger partial charge in [0, 0.05) is 18.3 Å². The lowest BCUT2D eigenvalue weighted by molar-refractivity contribution is -0.137. The lowest BCUT2D eigenvalue weighted by Gasteiger charge is -2.35. The van der Waals surface area contributed by atoms with E-state index in [4.69, 9.17) is 5.11 Å². The summed E-state index contributed by atoms with van der Waals surface area (Å²) in [6, 6.07) is 10.5. The molecule has 1 aromatic rings. The summed E-state index contributed by atoms with van der Waals surface area (Å²) in [4.78, 5) is 13.3. The van der Waals surface area contributed by atoms with E-state index in [1.54, 1.807) is 0 Å². The van der Waals surface area contributed by atoms with Gasteiger partial charge in [-0.25, -0.2) is 0 Å². The normalized spacial score (nSPS) is 24.6. The van der Waals surface area contributed by atoms with E-state index in [0.717, 1.165) is 25.2 Å². The summed E-state index contributed by atoms with van der Waals surface area (Å²) >= 11 is 0. The molecule has 2 N–H and O–H groups in total. The van der Waals surface area contributed by atoms with Crippen molar-refractivity contribution in [3.8, 4) is 0 Å². The summed E-state index contributed by atoms with van der Waals surface area (Å²) in [5.74, 6) is -0.739. The summed E-state index contributed by atoms with van der Waals surface area (Å²) in [7, 11) is 0. The van der Waals surface area contributed by atoms with E-state index in [2.05, 4.69) is 29.3 Å². The van der Waals surface area contributed by atoms with Crippen LogP contribution >= 0.6 is 0 Å². The Morgan fingerprint density at radius 1 is 1.44 bits per heavy atom. The van der Waals surface area contributed by atoms with Gasteiger partial charge in [0.15, 0.2) is 0 Å². The molecule has 18 heavy (non-hydrogen) atoms. The van der Waals surface area contributed by atoms with Crippen LogP contribution < -0.4 is 10.2 Å². The number of carbonyl (C=O) groups is 1. The Labute approximate surface area is 108 Å². The number of rotatable bonds is 3. The Balaban J connectivity index is 2.26. The maximum atomic E-state index is 11.0. The highest BCUT2D eigenvalue weighted by Gasteiger charge is 2.27. The lowest BCUT2D eigenvalue weighted by atomic mass is 10.1. The van der Waals surface area contributed by atoms with Crippen LogP contribution in [0.25, 0.3) is 0 Å². The molecule has 1 aliphatic heterocycles. The van der Waals surface area contributed by atoms with Gasteiger partial charge in [-0.2, -0.15) is 0 Å². The van der Waals surface area contributed by atoms with Gasteiger partial charge in [-0.05, 0) is 32.0 Å². The average molecular weight is 248 g/mol. The predicted molar refractivity (Wildman–Crippen MR) is 71.9 cm³/mol. The number of anilines is 1. The highest BCUT2D eigenvalue weighted by Crippen LogP contribution is 2.24. The Hall–Kier alpha value is -1.55. The third kappa shape index (κ3) is 3.01. The Bertz CT molecular complexity index is 394. The number of hydrogen-bond donors (Lipinski definition) is 2. The first-order valence-corrected chi connectivity index (χ1v) is 6.44. The number of aliphatic carboxylic acids is 1. The van der Waals surface area contributed by atoms with Gasteiger partial charge in [-0.3, -0.25) is 4.79 Å². The summed E-state index contributed by atoms with van der Waals surface area (Å²) < 4.78 is 0. The molecule has 4 nitrogen and oxygen atoms in total. The fourth-order valence-electron chi connectivity index (χ4n) is 2.61. The van der Waals surface area contributed by atoms with Crippen molar-refractivity contribution in [3.05, 3.63) is 30.3 Å². The Morgan fingerprint density at radius 2 is 2.17 bits per heavy atom. The number of benzene rings is 1. The van der Waals surface area contributed by atoms with E-state index in [1.807, 2.05) is 18.2 Å². The van der Waals surface area contributed by atoms with Crippen molar-refractivity contribution >= 4 is 11.7 Å². The largest absolute Gasteiger partial charge is 0.481 e. The van der Waals surface area contributed by atoms with E-state index in [0.29, 0.717) is 6.04 Å². The predicted octanol–water partition coefficient (Wildman–Crippen LogP) is 1.72. The van der Waals surface area contributed by atoms with Crippen LogP contribution in [-0.4, -0.2) is 36.2 Å². The summed E-state index contributed by atoms with van der Waals surface area (Å²) in [6.07, 6.45) is 1.21. The van der Waals surface area contributed by atoms with Gasteiger partial charge < -0.3 is 15.3 Å². The second kappa shape index (κ2) is 5.87. The van der Waals surface area contributed by atoms with Gasteiger partial charge in [-0.1, -0.05) is 18.2 Å². The quantitative estimate of drug-likeness (QED) is 0.855. The molecule has 0 aliphatic carbocycles. The van der Waals surface area contributed by atoms with E-state index in [1.165, 1.54) is 0 Å². The van der Waals surface area contributed by atoms with Crippen molar-refractivity contribution < 1.29 is 9.90 Å². The first-order valence-electron chi connectivity index (χ1n) is 6.44. The number of hydrogen-bond acceptors (Lipinski definition) is 3. The highest BCUT2D eigenvalue weighted by molar-refractivity contribution is 5.68. The van der Waals surface area contributed by atoms with Crippen LogP contribution in [-0.2, 0) is 4.79 Å². The number of para-hydroxylation sites is 1. The summed E-state index contributed by atoms with van der Waals surface area (Å²) in [6.45, 7) is 3.83. The molecule has 4 heteroatoms. The third-order valence-corrected chi connectivity index (χ3v) is 3.45. The second-order valence-electron chi connectivity index (χ2n) is 4.84. The van der Waals surface area contributed by atoms with Crippen LogP contribution in [0.5, 0.6) is 0 Å². The van der Waals surface area contributed by atoms with Gasteiger partial charge in [0.05, 0.1) is 12.5 Å². The standard InChI is InChI=1S/C14H20N2O2/c1-11-7-8-15-10-13(9-14(17)18)16(11)12-5-3-2-4-6-12/h2-6,11,13,15H,7-10H2,1H3,(H,17,18). The SMILES string of the molecule is CC1CCNCC(CC(=O)O)N1c1ccccc1. The van der Waals surface area contributed by atoms with Gasteiger partial charge in [-0.15, -0.1) is 0 Å². The minimum atomic E-state index is -0.739. The molecule has 0 aromatic heterocycles. The van der Waals surface area contributed by atoms with E-state index < -0.39 is 5.97 Å². The molecule has 1 aromatic carbocycles. The molecular weight excluding hydrogens is 228 g/mol. The molecule has 0 saturated carbocycles. The fourth-order valence-corrected chi connectivity index (χ4v) is 2.61. The minimum absolute atomic E-state index is 0.0161. The molecule has 0 amide bonds. The number of nitrogens with one attached hydrogen (secondary N) is 1. The monoisotopic (exact) mass is 248 g/mol. The molecule has 98 valence electrons. The topological polar surface area (TPSA) is 52.6 Å². The summed E-state index contributed by atoms with van der Waals surface area (Å²) in [5.41, 5.74) is 1.11. The zero-order valence-corrected chi connectivity index (χ0v) is 10.7. The molecule has 2 unspecified atom stereocenters. The van der Waals surface area contributed by atoms with Crippen LogP contribution in [0.15, 0.2) is 30.3 Å². The Morgan fingerprint density at radius 3 is 2.83 bits per heavy atom. The van der Waals surface area contributed by atoms with E-state index in [-0.39, 0.29) is 12.5 Å². The zero-order chi connectivity index (χ0) is 13.0. The zero-order valence-electron chi connectivity index (χ0n) is 10.7. The molecule has 1 heterocycles. The Kier molecular flexibility index (Phi) is 4.20. The molecule has 2 rings (SSSR count). The number of carboxylic acid groups (broad SMARTS) is 1. The second-order valence-corrected chi connectivity index (χ2v) is 4.84. The third-order valence-electron chi connectivity index (χ3n) is 3.45. The average Bonchev–Trinajstić information content (AvgIpc) is 2.51. The number of nitrogens with zero attached hydrogens (tertiary/aromatic N) is 1. The molecule has 0 radical (unpaired) electrons. The summed E-state index contributed by atoms with van der Waals surface area (Å²) in [5, 5.41) is 12.4. The van der Waals surface area contributed by atoms with Crippen LogP contribution in [0, 0.1) is 0 Å². The molecule has 0 bridgehead atoms. The van der Waals surface area contributed by atoms with Crippen molar-refractivity contribution in [1.82, 2.24) is 5.32 Å². The van der Waals surface area contributed by atoms with E-state index in [9.17, 15) is 4.79 Å². The van der Waals surface area contributed by atoms with Gasteiger partial charge >= 0.3 is 5.97 Å². The van der Waals surface area contributed by atoms with Crippen molar-refractivity contribution in [3.63, 3.8) is 0 Å². The van der Waals surface area contributed by atoms with Crippen LogP contribution in [0.3, 0.4) is 0 Å². The smallest absolute Gasteiger partial charge is 0.305 e. The van der Waals surface area contributed by atoms with E-state index >= 15 is 0 Å². The van der Waals surface area contributed by atoms with Crippen molar-refractivity contribution in [2.75, 3.05) is 18.0 Å². The van der Waals surface area contributed by atoms with Crippen LogP contribution in [0.1, 0.15) is 19.8 Å². The molecule has 1 aliphatic rings. The molecule has 2 atom stereocenters. The first kappa shape index (κ1) is 12.9.